The lowest BCUT2D eigenvalue weighted by Crippen LogP contribution is -2.18. The molecule has 106 valence electrons. The number of aromatic nitrogens is 2. The van der Waals surface area contributed by atoms with Gasteiger partial charge in [-0.25, -0.2) is 9.97 Å². The Hall–Kier alpha value is -0.960. The van der Waals surface area contributed by atoms with Gasteiger partial charge in [0.2, 0.25) is 0 Å². The van der Waals surface area contributed by atoms with Crippen LogP contribution in [0.3, 0.4) is 0 Å². The van der Waals surface area contributed by atoms with Crippen LogP contribution in [0.1, 0.15) is 67.7 Å². The van der Waals surface area contributed by atoms with Crippen molar-refractivity contribution in [3.8, 4) is 0 Å². The number of rotatable bonds is 4. The van der Waals surface area contributed by atoms with Gasteiger partial charge in [-0.15, -0.1) is 0 Å². The Balaban J connectivity index is 2.26. The summed E-state index contributed by atoms with van der Waals surface area (Å²) >= 11 is 0. The van der Waals surface area contributed by atoms with Crippen molar-refractivity contribution in [1.29, 1.82) is 0 Å². The smallest absolute Gasteiger partial charge is 0.131 e. The van der Waals surface area contributed by atoms with E-state index in [1.165, 1.54) is 36.2 Å². The van der Waals surface area contributed by atoms with Crippen LogP contribution in [0.15, 0.2) is 0 Å². The lowest BCUT2D eigenvalue weighted by atomic mass is 9.97. The second-order valence-electron chi connectivity index (χ2n) is 6.24. The molecule has 0 spiro atoms. The minimum atomic E-state index is 0.474. The molecule has 0 aliphatic heterocycles. The van der Waals surface area contributed by atoms with E-state index >= 15 is 0 Å². The second kappa shape index (κ2) is 6.00. The van der Waals surface area contributed by atoms with Crippen molar-refractivity contribution in [2.45, 2.75) is 58.8 Å². The molecule has 3 unspecified atom stereocenters. The average molecular weight is 261 g/mol. The van der Waals surface area contributed by atoms with Gasteiger partial charge in [-0.2, -0.15) is 0 Å². The fourth-order valence-corrected chi connectivity index (χ4v) is 3.50. The summed E-state index contributed by atoms with van der Waals surface area (Å²) in [5.74, 6) is 2.97. The molecule has 1 aromatic rings. The number of aryl methyl sites for hydroxylation is 2. The first-order valence-electron chi connectivity index (χ1n) is 7.52. The van der Waals surface area contributed by atoms with Crippen molar-refractivity contribution < 1.29 is 0 Å². The van der Waals surface area contributed by atoms with Gasteiger partial charge >= 0.3 is 0 Å². The third-order valence-electron chi connectivity index (χ3n) is 4.41. The van der Waals surface area contributed by atoms with Crippen LogP contribution >= 0.6 is 0 Å². The largest absolute Gasteiger partial charge is 0.319 e. The lowest BCUT2D eigenvalue weighted by Gasteiger charge is -2.18. The van der Waals surface area contributed by atoms with Crippen molar-refractivity contribution in [3.05, 3.63) is 22.8 Å². The fourth-order valence-electron chi connectivity index (χ4n) is 3.50. The van der Waals surface area contributed by atoms with E-state index in [0.29, 0.717) is 11.8 Å². The molecule has 1 aliphatic rings. The Labute approximate surface area is 117 Å². The maximum atomic E-state index is 4.81. The number of hydrogen-bond acceptors (Lipinski definition) is 3. The maximum Gasteiger partial charge on any atom is 0.131 e. The van der Waals surface area contributed by atoms with Crippen molar-refractivity contribution in [2.24, 2.45) is 5.92 Å². The molecule has 1 heterocycles. The molecular formula is C16H27N3. The summed E-state index contributed by atoms with van der Waals surface area (Å²) in [6, 6.07) is 0. The van der Waals surface area contributed by atoms with Crippen molar-refractivity contribution >= 4 is 0 Å². The molecule has 0 radical (unpaired) electrons. The van der Waals surface area contributed by atoms with Crippen LogP contribution in [0.2, 0.25) is 0 Å². The van der Waals surface area contributed by atoms with Crippen molar-refractivity contribution in [2.75, 3.05) is 13.6 Å². The first-order chi connectivity index (χ1) is 9.02. The molecule has 0 saturated heterocycles. The van der Waals surface area contributed by atoms with Crippen LogP contribution in [0.5, 0.6) is 0 Å². The van der Waals surface area contributed by atoms with E-state index in [1.54, 1.807) is 0 Å². The van der Waals surface area contributed by atoms with Crippen LogP contribution in [0, 0.1) is 19.8 Å². The topological polar surface area (TPSA) is 37.8 Å². The first-order valence-corrected chi connectivity index (χ1v) is 7.52. The summed E-state index contributed by atoms with van der Waals surface area (Å²) in [7, 11) is 2.00. The molecule has 3 nitrogen and oxygen atoms in total. The molecule has 0 aromatic carbocycles. The molecule has 1 aromatic heterocycles. The lowest BCUT2D eigenvalue weighted by molar-refractivity contribution is 0.580. The molecule has 0 bridgehead atoms. The Morgan fingerprint density at radius 1 is 1.21 bits per heavy atom. The van der Waals surface area contributed by atoms with E-state index < -0.39 is 0 Å². The highest BCUT2D eigenvalue weighted by Crippen LogP contribution is 2.37. The van der Waals surface area contributed by atoms with Gasteiger partial charge in [0.25, 0.3) is 0 Å². The summed E-state index contributed by atoms with van der Waals surface area (Å²) in [6.45, 7) is 9.83. The minimum Gasteiger partial charge on any atom is -0.319 e. The van der Waals surface area contributed by atoms with Gasteiger partial charge < -0.3 is 5.32 Å². The molecule has 2 rings (SSSR count). The van der Waals surface area contributed by atoms with Gasteiger partial charge in [-0.05, 0) is 57.6 Å². The van der Waals surface area contributed by atoms with Crippen molar-refractivity contribution in [3.63, 3.8) is 0 Å². The monoisotopic (exact) mass is 261 g/mol. The number of nitrogens with one attached hydrogen (secondary N) is 1. The third-order valence-corrected chi connectivity index (χ3v) is 4.41. The Morgan fingerprint density at radius 3 is 2.32 bits per heavy atom. The minimum absolute atomic E-state index is 0.474. The van der Waals surface area contributed by atoms with E-state index in [0.717, 1.165) is 18.3 Å². The van der Waals surface area contributed by atoms with E-state index in [1.807, 2.05) is 7.05 Å². The molecule has 1 saturated carbocycles. The number of hydrogen-bond donors (Lipinski definition) is 1. The molecule has 1 fully saturated rings. The summed E-state index contributed by atoms with van der Waals surface area (Å²) in [5.41, 5.74) is 3.67. The summed E-state index contributed by atoms with van der Waals surface area (Å²) in [5, 5.41) is 3.24. The average Bonchev–Trinajstić information content (AvgIpc) is 2.75. The number of nitrogens with zero attached hydrogens (tertiary/aromatic N) is 2. The first kappa shape index (κ1) is 14.4. The highest BCUT2D eigenvalue weighted by Gasteiger charge is 2.26. The second-order valence-corrected chi connectivity index (χ2v) is 6.24. The molecule has 3 atom stereocenters. The molecule has 1 aliphatic carbocycles. The van der Waals surface area contributed by atoms with E-state index in [-0.39, 0.29) is 0 Å². The van der Waals surface area contributed by atoms with Crippen LogP contribution in [-0.4, -0.2) is 23.6 Å². The van der Waals surface area contributed by atoms with Gasteiger partial charge in [-0.1, -0.05) is 13.8 Å². The summed E-state index contributed by atoms with van der Waals surface area (Å²) < 4.78 is 0. The molecule has 3 heteroatoms. The molecular weight excluding hydrogens is 234 g/mol. The SMILES string of the molecule is CNCC(C)c1c(C)nc(C2CCC(C)C2)nc1C. The predicted molar refractivity (Wildman–Crippen MR) is 79.6 cm³/mol. The van der Waals surface area contributed by atoms with Crippen LogP contribution < -0.4 is 5.32 Å². The van der Waals surface area contributed by atoms with Crippen molar-refractivity contribution in [1.82, 2.24) is 15.3 Å². The number of likely N-dealkylation sites (N-methyl/N-ethyl adjacent to an activating group) is 1. The van der Waals surface area contributed by atoms with E-state index in [2.05, 4.69) is 33.0 Å². The van der Waals surface area contributed by atoms with Gasteiger partial charge in [0.15, 0.2) is 0 Å². The third kappa shape index (κ3) is 3.14. The van der Waals surface area contributed by atoms with Crippen LogP contribution in [-0.2, 0) is 0 Å². The standard InChI is InChI=1S/C16H27N3/c1-10-6-7-14(8-10)16-18-12(3)15(13(4)19-16)11(2)9-17-5/h10-11,14,17H,6-9H2,1-5H3. The maximum absolute atomic E-state index is 4.81. The fraction of sp³-hybridized carbons (Fsp3) is 0.750. The predicted octanol–water partition coefficient (Wildman–Crippen LogP) is 3.32. The highest BCUT2D eigenvalue weighted by atomic mass is 14.9. The Morgan fingerprint density at radius 2 is 1.84 bits per heavy atom. The molecule has 19 heavy (non-hydrogen) atoms. The zero-order valence-electron chi connectivity index (χ0n) is 13.0. The van der Waals surface area contributed by atoms with Gasteiger partial charge in [-0.3, -0.25) is 0 Å². The highest BCUT2D eigenvalue weighted by molar-refractivity contribution is 5.29. The van der Waals surface area contributed by atoms with Crippen LogP contribution in [0.25, 0.3) is 0 Å². The normalized spacial score (nSPS) is 24.7. The summed E-state index contributed by atoms with van der Waals surface area (Å²) in [4.78, 5) is 9.63. The quantitative estimate of drug-likeness (QED) is 0.903. The Bertz CT molecular complexity index is 419. The molecule has 0 amide bonds. The van der Waals surface area contributed by atoms with Gasteiger partial charge in [0.1, 0.15) is 5.82 Å². The van der Waals surface area contributed by atoms with Crippen LogP contribution in [0.4, 0.5) is 0 Å². The summed E-state index contributed by atoms with van der Waals surface area (Å²) in [6.07, 6.45) is 3.83. The zero-order valence-corrected chi connectivity index (χ0v) is 13.0. The van der Waals surface area contributed by atoms with Gasteiger partial charge in [0, 0.05) is 23.9 Å². The van der Waals surface area contributed by atoms with E-state index in [9.17, 15) is 0 Å². The zero-order chi connectivity index (χ0) is 14.0. The molecule has 1 N–H and O–H groups in total. The van der Waals surface area contributed by atoms with Gasteiger partial charge in [0.05, 0.1) is 0 Å². The Kier molecular flexibility index (Phi) is 4.56. The van der Waals surface area contributed by atoms with E-state index in [4.69, 9.17) is 9.97 Å².